The Morgan fingerprint density at radius 3 is 2.50 bits per heavy atom. The highest BCUT2D eigenvalue weighted by Crippen LogP contribution is 2.23. The van der Waals surface area contributed by atoms with E-state index in [0.717, 1.165) is 36.5 Å². The van der Waals surface area contributed by atoms with Gasteiger partial charge in [-0.1, -0.05) is 0 Å². The van der Waals surface area contributed by atoms with Crippen LogP contribution in [0.1, 0.15) is 13.8 Å². The molecule has 2 rings (SSSR count). The molecule has 5 heteroatoms. The quantitative estimate of drug-likeness (QED) is 0.829. The first-order valence-corrected chi connectivity index (χ1v) is 6.42. The number of nitrogens with zero attached hydrogens (tertiary/aromatic N) is 4. The molecule has 0 aromatic carbocycles. The van der Waals surface area contributed by atoms with Crippen LogP contribution < -0.4 is 4.90 Å². The van der Waals surface area contributed by atoms with Crippen molar-refractivity contribution >= 4 is 21.7 Å². The minimum Gasteiger partial charge on any atom is -0.353 e. The zero-order chi connectivity index (χ0) is 11.5. The standard InChI is InChI=1S/C11H17BrN4/c1-9(2)15-3-5-16(6-4-15)11-10(12)7-13-8-14-11/h7-9H,3-6H2,1-2H3. The third-order valence-corrected chi connectivity index (χ3v) is 3.55. The van der Waals surface area contributed by atoms with Crippen molar-refractivity contribution in [3.63, 3.8) is 0 Å². The molecular formula is C11H17BrN4. The summed E-state index contributed by atoms with van der Waals surface area (Å²) in [5.41, 5.74) is 0. The summed E-state index contributed by atoms with van der Waals surface area (Å²) >= 11 is 3.50. The molecular weight excluding hydrogens is 268 g/mol. The summed E-state index contributed by atoms with van der Waals surface area (Å²) in [6.07, 6.45) is 3.41. The molecule has 4 nitrogen and oxygen atoms in total. The highest BCUT2D eigenvalue weighted by Gasteiger charge is 2.20. The van der Waals surface area contributed by atoms with Gasteiger partial charge in [-0.3, -0.25) is 4.90 Å². The molecule has 0 unspecified atom stereocenters. The average Bonchev–Trinajstić information content (AvgIpc) is 2.30. The topological polar surface area (TPSA) is 32.3 Å². The van der Waals surface area contributed by atoms with E-state index in [-0.39, 0.29) is 0 Å². The summed E-state index contributed by atoms with van der Waals surface area (Å²) in [5, 5.41) is 0. The van der Waals surface area contributed by atoms with Crippen molar-refractivity contribution in [3.05, 3.63) is 17.0 Å². The van der Waals surface area contributed by atoms with Gasteiger partial charge in [-0.2, -0.15) is 0 Å². The van der Waals surface area contributed by atoms with E-state index in [1.165, 1.54) is 0 Å². The van der Waals surface area contributed by atoms with Gasteiger partial charge >= 0.3 is 0 Å². The number of hydrogen-bond donors (Lipinski definition) is 0. The number of hydrogen-bond acceptors (Lipinski definition) is 4. The maximum absolute atomic E-state index is 4.32. The van der Waals surface area contributed by atoms with Crippen molar-refractivity contribution < 1.29 is 0 Å². The Balaban J connectivity index is 2.02. The summed E-state index contributed by atoms with van der Waals surface area (Å²) in [6.45, 7) is 8.77. The van der Waals surface area contributed by atoms with Crippen molar-refractivity contribution in [1.29, 1.82) is 0 Å². The third-order valence-electron chi connectivity index (χ3n) is 2.99. The smallest absolute Gasteiger partial charge is 0.146 e. The summed E-state index contributed by atoms with van der Waals surface area (Å²) in [5.74, 6) is 1.01. The van der Waals surface area contributed by atoms with Gasteiger partial charge in [0.05, 0.1) is 4.47 Å². The zero-order valence-corrected chi connectivity index (χ0v) is 11.3. The second kappa shape index (κ2) is 5.10. The molecule has 2 heterocycles. The fourth-order valence-corrected chi connectivity index (χ4v) is 2.46. The highest BCUT2D eigenvalue weighted by molar-refractivity contribution is 9.10. The van der Waals surface area contributed by atoms with E-state index in [4.69, 9.17) is 0 Å². The Hall–Kier alpha value is -0.680. The molecule has 0 radical (unpaired) electrons. The summed E-state index contributed by atoms with van der Waals surface area (Å²) < 4.78 is 0.980. The number of halogens is 1. The van der Waals surface area contributed by atoms with Gasteiger partial charge in [-0.25, -0.2) is 9.97 Å². The second-order valence-corrected chi connectivity index (χ2v) is 5.17. The van der Waals surface area contributed by atoms with Crippen LogP contribution in [0.2, 0.25) is 0 Å². The lowest BCUT2D eigenvalue weighted by molar-refractivity contribution is 0.209. The minimum atomic E-state index is 0.635. The second-order valence-electron chi connectivity index (χ2n) is 4.31. The highest BCUT2D eigenvalue weighted by atomic mass is 79.9. The predicted octanol–water partition coefficient (Wildman–Crippen LogP) is 1.77. The lowest BCUT2D eigenvalue weighted by Crippen LogP contribution is -2.49. The fourth-order valence-electron chi connectivity index (χ4n) is 1.99. The fraction of sp³-hybridized carbons (Fsp3) is 0.636. The van der Waals surface area contributed by atoms with Crippen LogP contribution in [0.25, 0.3) is 0 Å². The SMILES string of the molecule is CC(C)N1CCN(c2ncncc2Br)CC1. The van der Waals surface area contributed by atoms with Gasteiger partial charge in [0.1, 0.15) is 12.1 Å². The molecule has 0 bridgehead atoms. The van der Waals surface area contributed by atoms with Crippen LogP contribution in [-0.4, -0.2) is 47.1 Å². The number of rotatable bonds is 2. The molecule has 1 aliphatic heterocycles. The Morgan fingerprint density at radius 1 is 1.25 bits per heavy atom. The Bertz CT molecular complexity index is 348. The van der Waals surface area contributed by atoms with Gasteiger partial charge in [-0.15, -0.1) is 0 Å². The van der Waals surface area contributed by atoms with Crippen LogP contribution in [0.3, 0.4) is 0 Å². The van der Waals surface area contributed by atoms with Crippen molar-refractivity contribution in [2.45, 2.75) is 19.9 Å². The lowest BCUT2D eigenvalue weighted by atomic mass is 10.2. The first-order chi connectivity index (χ1) is 7.68. The van der Waals surface area contributed by atoms with Gasteiger partial charge in [-0.05, 0) is 29.8 Å². The number of piperazine rings is 1. The summed E-state index contributed by atoms with van der Waals surface area (Å²) in [6, 6.07) is 0.635. The van der Waals surface area contributed by atoms with Crippen LogP contribution in [0.5, 0.6) is 0 Å². The summed E-state index contributed by atoms with van der Waals surface area (Å²) in [4.78, 5) is 13.1. The monoisotopic (exact) mass is 284 g/mol. The Labute approximate surface area is 105 Å². The van der Waals surface area contributed by atoms with Gasteiger partial charge < -0.3 is 4.90 Å². The van der Waals surface area contributed by atoms with Crippen molar-refractivity contribution in [3.8, 4) is 0 Å². The van der Waals surface area contributed by atoms with Gasteiger partial charge in [0.2, 0.25) is 0 Å². The van der Waals surface area contributed by atoms with E-state index in [2.05, 4.69) is 49.5 Å². The maximum Gasteiger partial charge on any atom is 0.146 e. The van der Waals surface area contributed by atoms with Crippen LogP contribution >= 0.6 is 15.9 Å². The van der Waals surface area contributed by atoms with Crippen LogP contribution in [0, 0.1) is 0 Å². The molecule has 0 N–H and O–H groups in total. The molecule has 1 aromatic rings. The van der Waals surface area contributed by atoms with E-state index >= 15 is 0 Å². The molecule has 1 fully saturated rings. The van der Waals surface area contributed by atoms with Gasteiger partial charge in [0, 0.05) is 38.4 Å². The zero-order valence-electron chi connectivity index (χ0n) is 9.73. The van der Waals surface area contributed by atoms with Crippen LogP contribution in [0.15, 0.2) is 17.0 Å². The molecule has 1 saturated heterocycles. The van der Waals surface area contributed by atoms with E-state index in [1.807, 2.05) is 0 Å². The maximum atomic E-state index is 4.32. The average molecular weight is 285 g/mol. The molecule has 0 atom stereocenters. The van der Waals surface area contributed by atoms with E-state index in [0.29, 0.717) is 6.04 Å². The van der Waals surface area contributed by atoms with E-state index < -0.39 is 0 Å². The van der Waals surface area contributed by atoms with Gasteiger partial charge in [0.25, 0.3) is 0 Å². The number of aromatic nitrogens is 2. The Kier molecular flexibility index (Phi) is 3.76. The lowest BCUT2D eigenvalue weighted by Gasteiger charge is -2.37. The van der Waals surface area contributed by atoms with Crippen molar-refractivity contribution in [2.75, 3.05) is 31.1 Å². The normalized spacial score (nSPS) is 18.1. The molecule has 16 heavy (non-hydrogen) atoms. The van der Waals surface area contributed by atoms with Crippen LogP contribution in [-0.2, 0) is 0 Å². The molecule has 0 spiro atoms. The van der Waals surface area contributed by atoms with Crippen molar-refractivity contribution in [1.82, 2.24) is 14.9 Å². The van der Waals surface area contributed by atoms with E-state index in [1.54, 1.807) is 12.5 Å². The molecule has 1 aromatic heterocycles. The molecule has 1 aliphatic rings. The van der Waals surface area contributed by atoms with Gasteiger partial charge in [0.15, 0.2) is 0 Å². The first kappa shape index (κ1) is 11.8. The molecule has 88 valence electrons. The largest absolute Gasteiger partial charge is 0.353 e. The van der Waals surface area contributed by atoms with Crippen molar-refractivity contribution in [2.24, 2.45) is 0 Å². The van der Waals surface area contributed by atoms with Crippen LogP contribution in [0.4, 0.5) is 5.82 Å². The molecule has 0 saturated carbocycles. The van der Waals surface area contributed by atoms with E-state index in [9.17, 15) is 0 Å². The third kappa shape index (κ3) is 2.52. The molecule has 0 aliphatic carbocycles. The minimum absolute atomic E-state index is 0.635. The first-order valence-electron chi connectivity index (χ1n) is 5.63. The predicted molar refractivity (Wildman–Crippen MR) is 68.7 cm³/mol. The Morgan fingerprint density at radius 2 is 1.94 bits per heavy atom. The molecule has 0 amide bonds. The number of anilines is 1. The summed E-state index contributed by atoms with van der Waals surface area (Å²) in [7, 11) is 0.